The van der Waals surface area contributed by atoms with Crippen LogP contribution < -0.4 is 9.44 Å². The molecule has 0 spiro atoms. The first kappa shape index (κ1) is 21.7. The number of aromatic nitrogens is 2. The van der Waals surface area contributed by atoms with Gasteiger partial charge in [0, 0.05) is 6.04 Å². The molecule has 31 heavy (non-hydrogen) atoms. The van der Waals surface area contributed by atoms with Crippen molar-refractivity contribution in [2.24, 2.45) is 0 Å². The molecule has 164 valence electrons. The summed E-state index contributed by atoms with van der Waals surface area (Å²) in [6.07, 6.45) is 3.81. The smallest absolute Gasteiger partial charge is 0.241 e. The molecule has 1 saturated carbocycles. The second-order valence-corrected chi connectivity index (χ2v) is 10.9. The molecule has 1 fully saturated rings. The Balaban J connectivity index is 1.51. The first-order valence-electron chi connectivity index (χ1n) is 10.0. The molecule has 0 bridgehead atoms. The molecule has 1 aliphatic carbocycles. The van der Waals surface area contributed by atoms with Gasteiger partial charge in [0.15, 0.2) is 0 Å². The average molecular weight is 461 g/mol. The molecule has 1 aliphatic rings. The maximum absolute atomic E-state index is 12.9. The highest BCUT2D eigenvalue weighted by atomic mass is 32.2. The minimum absolute atomic E-state index is 0.00818. The Kier molecular flexibility index (Phi) is 5.98. The van der Waals surface area contributed by atoms with Gasteiger partial charge in [-0.25, -0.2) is 31.3 Å². The second-order valence-electron chi connectivity index (χ2n) is 7.50. The van der Waals surface area contributed by atoms with Gasteiger partial charge >= 0.3 is 0 Å². The van der Waals surface area contributed by atoms with Crippen LogP contribution in [0.1, 0.15) is 38.1 Å². The molecule has 3 aromatic rings. The summed E-state index contributed by atoms with van der Waals surface area (Å²) in [5.74, 6) is 0.512. The second kappa shape index (κ2) is 8.54. The lowest BCUT2D eigenvalue weighted by molar-refractivity contribution is 0.539. The number of aromatic amines is 1. The fourth-order valence-electron chi connectivity index (χ4n) is 3.15. The van der Waals surface area contributed by atoms with Crippen molar-refractivity contribution in [1.29, 1.82) is 0 Å². The third-order valence-corrected chi connectivity index (χ3v) is 8.08. The minimum Gasteiger partial charge on any atom is -0.341 e. The standard InChI is InChI=1S/C21H24N4O4S2/c1-2-19(21-22-14-20(23-21)15-6-4-3-5-7-15)25-31(28,29)18-12-10-17(11-13-18)30(26,27)24-16-8-9-16/h3-7,10-14,16,19,24-25H,2,8-9H2,1H3,(H,22,23). The van der Waals surface area contributed by atoms with Gasteiger partial charge in [-0.3, -0.25) is 0 Å². The van der Waals surface area contributed by atoms with E-state index in [9.17, 15) is 16.8 Å². The van der Waals surface area contributed by atoms with Crippen molar-refractivity contribution >= 4 is 20.0 Å². The van der Waals surface area contributed by atoms with E-state index in [-0.39, 0.29) is 15.8 Å². The molecule has 1 aromatic heterocycles. The van der Waals surface area contributed by atoms with Crippen molar-refractivity contribution in [3.05, 3.63) is 66.6 Å². The van der Waals surface area contributed by atoms with Crippen LogP contribution in [-0.4, -0.2) is 32.8 Å². The van der Waals surface area contributed by atoms with Crippen LogP contribution in [0.15, 0.2) is 70.6 Å². The topological polar surface area (TPSA) is 121 Å². The van der Waals surface area contributed by atoms with Gasteiger partial charge in [-0.1, -0.05) is 37.3 Å². The number of hydrogen-bond donors (Lipinski definition) is 3. The lowest BCUT2D eigenvalue weighted by Crippen LogP contribution is -2.29. The molecule has 1 unspecified atom stereocenters. The number of rotatable bonds is 9. The van der Waals surface area contributed by atoms with Crippen LogP contribution in [0.4, 0.5) is 0 Å². The van der Waals surface area contributed by atoms with Crippen LogP contribution in [0.5, 0.6) is 0 Å². The van der Waals surface area contributed by atoms with Crippen molar-refractivity contribution in [3.8, 4) is 11.3 Å². The molecule has 2 aromatic carbocycles. The third kappa shape index (κ3) is 5.04. The van der Waals surface area contributed by atoms with Crippen molar-refractivity contribution in [1.82, 2.24) is 19.4 Å². The Labute approximate surface area is 182 Å². The minimum atomic E-state index is -3.87. The Hall–Kier alpha value is -2.53. The van der Waals surface area contributed by atoms with Gasteiger partial charge in [0.05, 0.1) is 27.7 Å². The van der Waals surface area contributed by atoms with E-state index in [1.807, 2.05) is 37.3 Å². The van der Waals surface area contributed by atoms with Gasteiger partial charge in [0.25, 0.3) is 0 Å². The number of hydrogen-bond acceptors (Lipinski definition) is 5. The van der Waals surface area contributed by atoms with Crippen molar-refractivity contribution in [2.75, 3.05) is 0 Å². The molecule has 0 saturated heterocycles. The number of benzene rings is 2. The van der Waals surface area contributed by atoms with E-state index >= 15 is 0 Å². The summed E-state index contributed by atoms with van der Waals surface area (Å²) < 4.78 is 55.6. The van der Waals surface area contributed by atoms with Gasteiger partial charge in [-0.05, 0) is 49.1 Å². The van der Waals surface area contributed by atoms with E-state index in [1.54, 1.807) is 6.20 Å². The summed E-state index contributed by atoms with van der Waals surface area (Å²) in [6, 6.07) is 14.3. The van der Waals surface area contributed by atoms with Crippen molar-refractivity contribution < 1.29 is 16.8 Å². The van der Waals surface area contributed by atoms with Gasteiger partial charge in [-0.2, -0.15) is 0 Å². The zero-order valence-corrected chi connectivity index (χ0v) is 18.6. The zero-order chi connectivity index (χ0) is 22.1. The lowest BCUT2D eigenvalue weighted by atomic mass is 10.2. The molecule has 1 heterocycles. The largest absolute Gasteiger partial charge is 0.341 e. The number of nitrogens with zero attached hydrogens (tertiary/aromatic N) is 1. The van der Waals surface area contributed by atoms with E-state index in [1.165, 1.54) is 24.3 Å². The molecule has 3 N–H and O–H groups in total. The van der Waals surface area contributed by atoms with Crippen LogP contribution in [0.25, 0.3) is 11.3 Å². The quantitative estimate of drug-likeness (QED) is 0.453. The number of imidazole rings is 1. The summed E-state index contributed by atoms with van der Waals surface area (Å²) in [5.41, 5.74) is 1.75. The maximum Gasteiger partial charge on any atom is 0.241 e. The van der Waals surface area contributed by atoms with Crippen LogP contribution in [-0.2, 0) is 20.0 Å². The molecular formula is C21H24N4O4S2. The van der Waals surface area contributed by atoms with Crippen LogP contribution in [0.3, 0.4) is 0 Å². The Morgan fingerprint density at radius 1 is 0.968 bits per heavy atom. The summed E-state index contributed by atoms with van der Waals surface area (Å²) >= 11 is 0. The van der Waals surface area contributed by atoms with Crippen LogP contribution >= 0.6 is 0 Å². The van der Waals surface area contributed by atoms with Gasteiger partial charge in [0.2, 0.25) is 20.0 Å². The first-order valence-corrected chi connectivity index (χ1v) is 13.0. The normalized spacial score (nSPS) is 15.6. The SMILES string of the molecule is CCC(NS(=O)(=O)c1ccc(S(=O)(=O)NC2CC2)cc1)c1ncc(-c2ccccc2)[nH]1. The van der Waals surface area contributed by atoms with E-state index in [2.05, 4.69) is 19.4 Å². The summed E-state index contributed by atoms with van der Waals surface area (Å²) in [6.45, 7) is 1.86. The zero-order valence-electron chi connectivity index (χ0n) is 16.9. The first-order chi connectivity index (χ1) is 14.8. The molecule has 0 radical (unpaired) electrons. The van der Waals surface area contributed by atoms with E-state index in [4.69, 9.17) is 0 Å². The fraction of sp³-hybridized carbons (Fsp3) is 0.286. The van der Waals surface area contributed by atoms with Crippen LogP contribution in [0.2, 0.25) is 0 Å². The highest BCUT2D eigenvalue weighted by molar-refractivity contribution is 7.90. The summed E-state index contributed by atoms with van der Waals surface area (Å²) in [7, 11) is -7.51. The maximum atomic E-state index is 12.9. The third-order valence-electron chi connectivity index (χ3n) is 5.06. The Morgan fingerprint density at radius 2 is 1.58 bits per heavy atom. The van der Waals surface area contributed by atoms with E-state index in [0.717, 1.165) is 24.1 Å². The highest BCUT2D eigenvalue weighted by Gasteiger charge is 2.28. The van der Waals surface area contributed by atoms with Gasteiger partial charge in [-0.15, -0.1) is 0 Å². The monoisotopic (exact) mass is 460 g/mol. The van der Waals surface area contributed by atoms with Crippen molar-refractivity contribution in [3.63, 3.8) is 0 Å². The molecule has 8 nitrogen and oxygen atoms in total. The van der Waals surface area contributed by atoms with E-state index in [0.29, 0.717) is 12.2 Å². The van der Waals surface area contributed by atoms with E-state index < -0.39 is 26.1 Å². The van der Waals surface area contributed by atoms with Gasteiger partial charge < -0.3 is 4.98 Å². The van der Waals surface area contributed by atoms with Crippen molar-refractivity contribution in [2.45, 2.75) is 48.1 Å². The Morgan fingerprint density at radius 3 is 2.16 bits per heavy atom. The summed E-state index contributed by atoms with van der Waals surface area (Å²) in [4.78, 5) is 7.57. The molecule has 4 rings (SSSR count). The highest BCUT2D eigenvalue weighted by Crippen LogP contribution is 2.24. The predicted molar refractivity (Wildman–Crippen MR) is 117 cm³/mol. The molecular weight excluding hydrogens is 436 g/mol. The average Bonchev–Trinajstić information content (AvgIpc) is 3.43. The van der Waals surface area contributed by atoms with Gasteiger partial charge in [0.1, 0.15) is 5.82 Å². The number of H-pyrrole nitrogens is 1. The Bertz CT molecular complexity index is 1250. The molecule has 1 atom stereocenters. The predicted octanol–water partition coefficient (Wildman–Crippen LogP) is 2.95. The lowest BCUT2D eigenvalue weighted by Gasteiger charge is -2.15. The summed E-state index contributed by atoms with van der Waals surface area (Å²) in [5, 5.41) is 0. The number of nitrogens with one attached hydrogen (secondary N) is 3. The molecule has 10 heteroatoms. The molecule has 0 aliphatic heterocycles. The van der Waals surface area contributed by atoms with Crippen LogP contribution in [0, 0.1) is 0 Å². The fourth-order valence-corrected chi connectivity index (χ4v) is 5.74. The number of sulfonamides is 2. The molecule has 0 amide bonds.